The van der Waals surface area contributed by atoms with E-state index >= 15 is 0 Å². The molecule has 0 aliphatic rings. The molecule has 0 unspecified atom stereocenters. The Labute approximate surface area is 127 Å². The Morgan fingerprint density at radius 3 is 2.57 bits per heavy atom. The van der Waals surface area contributed by atoms with E-state index in [1.807, 2.05) is 37.3 Å². The lowest BCUT2D eigenvalue weighted by molar-refractivity contribution is 0.320. The lowest BCUT2D eigenvalue weighted by atomic mass is 10.2. The third-order valence-electron chi connectivity index (χ3n) is 3.11. The van der Waals surface area contributed by atoms with Crippen molar-refractivity contribution in [2.75, 3.05) is 6.61 Å². The Kier molecular flexibility index (Phi) is 3.33. The molecule has 0 saturated heterocycles. The van der Waals surface area contributed by atoms with Crippen LogP contribution < -0.4 is 4.74 Å². The summed E-state index contributed by atoms with van der Waals surface area (Å²) in [6.45, 7) is 2.33. The average Bonchev–Trinajstić information content (AvgIpc) is 2.89. The van der Waals surface area contributed by atoms with Gasteiger partial charge < -0.3 is 9.15 Å². The number of benzene rings is 2. The van der Waals surface area contributed by atoms with E-state index in [1.54, 1.807) is 18.2 Å². The van der Waals surface area contributed by atoms with Crippen molar-refractivity contribution in [1.29, 1.82) is 0 Å². The number of hydrogen-bond acceptors (Lipinski definition) is 3. The zero-order chi connectivity index (χ0) is 16.2. The van der Waals surface area contributed by atoms with Crippen molar-refractivity contribution in [2.45, 2.75) is 13.3 Å². The number of ether oxygens (including phenoxy) is 1. The molecule has 2 aromatic carbocycles. The molecule has 0 N–H and O–H groups in total. The van der Waals surface area contributed by atoms with E-state index in [0.717, 1.165) is 11.4 Å². The first-order chi connectivity index (χ1) is 11.1. The second kappa shape index (κ2) is 6.27. The maximum atomic E-state index is 7.93. The van der Waals surface area contributed by atoms with E-state index in [4.69, 9.17) is 11.9 Å². The highest BCUT2D eigenvalue weighted by atomic mass is 16.5. The SMILES string of the molecule is [2H]c1cccc([2H])c1-c1nc(CCOc2ccccc2)c(C)o1. The molecule has 3 aromatic rings. The topological polar surface area (TPSA) is 35.3 Å². The minimum absolute atomic E-state index is 0.242. The molecule has 0 aliphatic carbocycles. The normalized spacial score (nSPS) is 11.9. The van der Waals surface area contributed by atoms with Crippen LogP contribution in [0.5, 0.6) is 5.75 Å². The molecule has 106 valence electrons. The molecule has 0 aliphatic heterocycles. The van der Waals surface area contributed by atoms with Crippen molar-refractivity contribution in [2.24, 2.45) is 0 Å². The van der Waals surface area contributed by atoms with Gasteiger partial charge in [0.25, 0.3) is 0 Å². The second-order valence-electron chi connectivity index (χ2n) is 4.62. The van der Waals surface area contributed by atoms with Crippen LogP contribution in [0.2, 0.25) is 0 Å². The zero-order valence-corrected chi connectivity index (χ0v) is 11.8. The molecule has 0 fully saturated rings. The quantitative estimate of drug-likeness (QED) is 0.700. The van der Waals surface area contributed by atoms with E-state index < -0.39 is 0 Å². The summed E-state index contributed by atoms with van der Waals surface area (Å²) in [5.41, 5.74) is 1.21. The van der Waals surface area contributed by atoms with Gasteiger partial charge in [0.05, 0.1) is 15.0 Å². The maximum absolute atomic E-state index is 7.93. The summed E-state index contributed by atoms with van der Waals surface area (Å²) in [6.07, 6.45) is 0.609. The van der Waals surface area contributed by atoms with Crippen molar-refractivity contribution in [3.8, 4) is 17.2 Å². The lowest BCUT2D eigenvalue weighted by Crippen LogP contribution is -2.02. The Bertz CT molecular complexity index is 780. The summed E-state index contributed by atoms with van der Waals surface area (Å²) in [7, 11) is 0. The molecule has 21 heavy (non-hydrogen) atoms. The minimum Gasteiger partial charge on any atom is -0.493 e. The molecule has 1 aromatic heterocycles. The van der Waals surface area contributed by atoms with Crippen LogP contribution >= 0.6 is 0 Å². The van der Waals surface area contributed by atoms with Gasteiger partial charge in [-0.15, -0.1) is 0 Å². The predicted molar refractivity (Wildman–Crippen MR) is 82.3 cm³/mol. The van der Waals surface area contributed by atoms with Gasteiger partial charge >= 0.3 is 0 Å². The Morgan fingerprint density at radius 2 is 1.81 bits per heavy atom. The number of nitrogens with zero attached hydrogens (tertiary/aromatic N) is 1. The molecule has 0 spiro atoms. The minimum atomic E-state index is 0.242. The van der Waals surface area contributed by atoms with Gasteiger partial charge in [0.15, 0.2) is 0 Å². The first-order valence-corrected chi connectivity index (χ1v) is 6.86. The van der Waals surface area contributed by atoms with E-state index in [0.29, 0.717) is 30.2 Å². The number of rotatable bonds is 5. The molecule has 0 amide bonds. The molecule has 0 radical (unpaired) electrons. The maximum Gasteiger partial charge on any atom is 0.226 e. The van der Waals surface area contributed by atoms with Gasteiger partial charge in [-0.25, -0.2) is 4.98 Å². The number of para-hydroxylation sites is 1. The van der Waals surface area contributed by atoms with Crippen LogP contribution in [-0.4, -0.2) is 11.6 Å². The van der Waals surface area contributed by atoms with E-state index in [9.17, 15) is 0 Å². The van der Waals surface area contributed by atoms with Crippen molar-refractivity contribution in [3.63, 3.8) is 0 Å². The fourth-order valence-corrected chi connectivity index (χ4v) is 2.03. The molecular formula is C18H17NO2. The van der Waals surface area contributed by atoms with Gasteiger partial charge in [-0.1, -0.05) is 36.4 Å². The highest BCUT2D eigenvalue weighted by Crippen LogP contribution is 2.21. The summed E-state index contributed by atoms with van der Waals surface area (Å²) < 4.78 is 27.2. The highest BCUT2D eigenvalue weighted by molar-refractivity contribution is 5.53. The number of aryl methyl sites for hydroxylation is 1. The van der Waals surface area contributed by atoms with E-state index in [1.165, 1.54) is 0 Å². The van der Waals surface area contributed by atoms with Gasteiger partial charge in [-0.05, 0) is 31.1 Å². The summed E-state index contributed by atoms with van der Waals surface area (Å²) in [6, 6.07) is 15.0. The first kappa shape index (κ1) is 11.1. The standard InChI is InChI=1S/C18H17NO2/c1-14-17(12-13-20-16-10-6-3-7-11-16)19-18(21-14)15-8-4-2-5-9-15/h2-11H,12-13H2,1H3/i8D,9D. The summed E-state index contributed by atoms with van der Waals surface area (Å²) in [5, 5.41) is 0. The van der Waals surface area contributed by atoms with Gasteiger partial charge in [0.1, 0.15) is 11.5 Å². The van der Waals surface area contributed by atoms with Crippen LogP contribution in [0.15, 0.2) is 65.0 Å². The first-order valence-electron chi connectivity index (χ1n) is 7.86. The van der Waals surface area contributed by atoms with Gasteiger partial charge in [-0.3, -0.25) is 0 Å². The van der Waals surface area contributed by atoms with Crippen LogP contribution in [0.4, 0.5) is 0 Å². The molecule has 1 heterocycles. The molecule has 3 heteroatoms. The fraction of sp³-hybridized carbons (Fsp3) is 0.167. The lowest BCUT2D eigenvalue weighted by Gasteiger charge is -2.04. The highest BCUT2D eigenvalue weighted by Gasteiger charge is 2.11. The van der Waals surface area contributed by atoms with Crippen LogP contribution in [0.3, 0.4) is 0 Å². The van der Waals surface area contributed by atoms with Crippen molar-refractivity contribution in [3.05, 3.63) is 72.1 Å². The van der Waals surface area contributed by atoms with Crippen LogP contribution in [0.25, 0.3) is 11.5 Å². The summed E-state index contributed by atoms with van der Waals surface area (Å²) in [5.74, 6) is 1.84. The van der Waals surface area contributed by atoms with E-state index in [2.05, 4.69) is 4.98 Å². The number of oxazole rings is 1. The van der Waals surface area contributed by atoms with Gasteiger partial charge in [0, 0.05) is 12.0 Å². The summed E-state index contributed by atoms with van der Waals surface area (Å²) >= 11 is 0. The fourth-order valence-electron chi connectivity index (χ4n) is 2.03. The van der Waals surface area contributed by atoms with Crippen LogP contribution in [0.1, 0.15) is 14.2 Å². The Morgan fingerprint density at radius 1 is 1.10 bits per heavy atom. The van der Waals surface area contributed by atoms with E-state index in [-0.39, 0.29) is 12.1 Å². The third-order valence-corrected chi connectivity index (χ3v) is 3.11. The van der Waals surface area contributed by atoms with Gasteiger partial charge in [0.2, 0.25) is 5.89 Å². The van der Waals surface area contributed by atoms with Crippen LogP contribution in [-0.2, 0) is 6.42 Å². The predicted octanol–water partition coefficient (Wildman–Crippen LogP) is 4.27. The molecular weight excluding hydrogens is 262 g/mol. The second-order valence-corrected chi connectivity index (χ2v) is 4.62. The zero-order valence-electron chi connectivity index (χ0n) is 13.8. The van der Waals surface area contributed by atoms with Gasteiger partial charge in [-0.2, -0.15) is 0 Å². The Hall–Kier alpha value is -2.55. The molecule has 3 nitrogen and oxygen atoms in total. The average molecular weight is 281 g/mol. The molecule has 0 saturated carbocycles. The monoisotopic (exact) mass is 281 g/mol. The largest absolute Gasteiger partial charge is 0.493 e. The molecule has 3 rings (SSSR count). The molecule has 0 atom stereocenters. The Balaban J connectivity index is 1.74. The number of hydrogen-bond donors (Lipinski definition) is 0. The smallest absolute Gasteiger partial charge is 0.226 e. The van der Waals surface area contributed by atoms with Crippen molar-refractivity contribution >= 4 is 0 Å². The van der Waals surface area contributed by atoms with Crippen molar-refractivity contribution < 1.29 is 11.9 Å². The third kappa shape index (κ3) is 3.31. The van der Waals surface area contributed by atoms with Crippen LogP contribution in [0, 0.1) is 6.92 Å². The molecule has 0 bridgehead atoms. The van der Waals surface area contributed by atoms with Crippen molar-refractivity contribution in [1.82, 2.24) is 4.98 Å². The number of aromatic nitrogens is 1. The summed E-state index contributed by atoms with van der Waals surface area (Å²) in [4.78, 5) is 4.45.